The first-order valence-electron chi connectivity index (χ1n) is 19.2. The smallest absolute Gasteiger partial charge is 0.315 e. The molecule has 8 rings (SSSR count). The van der Waals surface area contributed by atoms with E-state index in [0.717, 1.165) is 19.3 Å². The molecule has 1 aromatic carbocycles. The number of benzene rings is 1. The number of likely N-dealkylation sites (tertiary alicyclic amines) is 1. The van der Waals surface area contributed by atoms with Gasteiger partial charge >= 0.3 is 6.03 Å². The Hall–Kier alpha value is -3.95. The van der Waals surface area contributed by atoms with Crippen molar-refractivity contribution in [3.8, 4) is 0 Å². The standard InChI is InChI=1S/C41H55N5O5/c1-5-7-13-31(35(47)37(49)42-14-8-6-2)43-36(48)34-32-30(40(32,3)4)23-46(34)38(50)33(29-18-27-11-9-10-12-28(27)19-29)44-39(51)45-41-20-24-15-25(21-41)17-26(16-24)22-41/h5-6,9-12,24-26,29-34H,1-2,7-8,13-23H2,3-4H3,(H,42,49)(H,43,48)(H2,44,45,51)/t24?,25?,26?,30?,31?,32-,33-,34-,41?/m0/s1. The van der Waals surface area contributed by atoms with Crippen LogP contribution in [-0.2, 0) is 32.0 Å². The van der Waals surface area contributed by atoms with E-state index in [4.69, 9.17) is 0 Å². The van der Waals surface area contributed by atoms with Crippen molar-refractivity contribution >= 4 is 29.5 Å². The minimum atomic E-state index is -1.05. The molecular weight excluding hydrogens is 642 g/mol. The summed E-state index contributed by atoms with van der Waals surface area (Å²) in [4.78, 5) is 70.8. The topological polar surface area (TPSA) is 137 Å². The van der Waals surface area contributed by atoms with Gasteiger partial charge in [-0.2, -0.15) is 0 Å². The van der Waals surface area contributed by atoms with Crippen molar-refractivity contribution in [2.24, 2.45) is 40.9 Å². The minimum absolute atomic E-state index is 0.0969. The molecule has 10 heteroatoms. The molecule has 51 heavy (non-hydrogen) atoms. The van der Waals surface area contributed by atoms with Gasteiger partial charge in [0.1, 0.15) is 12.1 Å². The average molecular weight is 698 g/mol. The van der Waals surface area contributed by atoms with Gasteiger partial charge in [-0.1, -0.05) is 50.3 Å². The number of hydrogen-bond acceptors (Lipinski definition) is 5. The third-order valence-electron chi connectivity index (χ3n) is 13.4. The fourth-order valence-electron chi connectivity index (χ4n) is 11.2. The number of hydrogen-bond donors (Lipinski definition) is 4. The van der Waals surface area contributed by atoms with E-state index in [9.17, 15) is 24.0 Å². The number of carbonyl (C=O) groups excluding carboxylic acids is 5. The molecule has 6 fully saturated rings. The molecule has 0 spiro atoms. The Bertz CT molecular complexity index is 1540. The van der Waals surface area contributed by atoms with E-state index in [1.165, 1.54) is 30.4 Å². The summed E-state index contributed by atoms with van der Waals surface area (Å²) in [6.07, 6.45) is 12.6. The van der Waals surface area contributed by atoms with Crippen LogP contribution in [0, 0.1) is 40.9 Å². The molecule has 274 valence electrons. The summed E-state index contributed by atoms with van der Waals surface area (Å²) in [5.41, 5.74) is 1.98. The van der Waals surface area contributed by atoms with Crippen LogP contribution in [0.3, 0.4) is 0 Å². The highest BCUT2D eigenvalue weighted by atomic mass is 16.2. The molecule has 0 aromatic heterocycles. The molecule has 2 unspecified atom stereocenters. The van der Waals surface area contributed by atoms with Crippen LogP contribution in [0.25, 0.3) is 0 Å². The van der Waals surface area contributed by atoms with Gasteiger partial charge < -0.3 is 26.2 Å². The lowest BCUT2D eigenvalue weighted by Gasteiger charge is -2.56. The Morgan fingerprint density at radius 1 is 0.902 bits per heavy atom. The highest BCUT2D eigenvalue weighted by molar-refractivity contribution is 6.38. The third kappa shape index (κ3) is 6.87. The number of urea groups is 1. The Labute approximate surface area is 302 Å². The predicted molar refractivity (Wildman–Crippen MR) is 194 cm³/mol. The Kier molecular flexibility index (Phi) is 9.65. The summed E-state index contributed by atoms with van der Waals surface area (Å²) in [6, 6.07) is 5.19. The molecular formula is C41H55N5O5. The first kappa shape index (κ1) is 35.5. The summed E-state index contributed by atoms with van der Waals surface area (Å²) in [7, 11) is 0. The molecule has 5 amide bonds. The van der Waals surface area contributed by atoms with Crippen molar-refractivity contribution in [3.63, 3.8) is 0 Å². The number of nitrogens with zero attached hydrogens (tertiary/aromatic N) is 1. The van der Waals surface area contributed by atoms with Crippen molar-refractivity contribution < 1.29 is 24.0 Å². The largest absolute Gasteiger partial charge is 0.349 e. The number of rotatable bonds is 14. The molecule has 1 saturated heterocycles. The van der Waals surface area contributed by atoms with Gasteiger partial charge in [-0.05, 0) is 123 Å². The van der Waals surface area contributed by atoms with Gasteiger partial charge in [-0.3, -0.25) is 19.2 Å². The number of piperidine rings is 1. The first-order chi connectivity index (χ1) is 24.4. The molecule has 4 bridgehead atoms. The molecule has 1 aliphatic heterocycles. The van der Waals surface area contributed by atoms with Crippen molar-refractivity contribution in [2.75, 3.05) is 13.1 Å². The van der Waals surface area contributed by atoms with E-state index < -0.39 is 35.7 Å². The summed E-state index contributed by atoms with van der Waals surface area (Å²) in [6.45, 7) is 12.3. The lowest BCUT2D eigenvalue weighted by Crippen LogP contribution is -2.64. The lowest BCUT2D eigenvalue weighted by atomic mass is 9.53. The molecule has 0 radical (unpaired) electrons. The van der Waals surface area contributed by atoms with Crippen LogP contribution in [0.5, 0.6) is 0 Å². The van der Waals surface area contributed by atoms with E-state index >= 15 is 0 Å². The zero-order valence-corrected chi connectivity index (χ0v) is 30.3. The molecule has 1 aromatic rings. The predicted octanol–water partition coefficient (Wildman–Crippen LogP) is 4.23. The number of allylic oxidation sites excluding steroid dienone is 1. The van der Waals surface area contributed by atoms with Crippen LogP contribution in [0.15, 0.2) is 49.6 Å². The Morgan fingerprint density at radius 2 is 1.51 bits per heavy atom. The molecule has 5 saturated carbocycles. The fraction of sp³-hybridized carbons (Fsp3) is 0.634. The molecule has 7 aliphatic rings. The zero-order chi connectivity index (χ0) is 36.1. The highest BCUT2D eigenvalue weighted by Gasteiger charge is 2.70. The van der Waals surface area contributed by atoms with E-state index in [1.807, 2.05) is 12.1 Å². The number of fused-ring (bicyclic) bond motifs is 2. The van der Waals surface area contributed by atoms with Gasteiger partial charge in [0.05, 0.1) is 6.04 Å². The van der Waals surface area contributed by atoms with E-state index in [-0.39, 0.29) is 53.6 Å². The molecule has 1 heterocycles. The minimum Gasteiger partial charge on any atom is -0.349 e. The normalized spacial score (nSPS) is 31.8. The van der Waals surface area contributed by atoms with Crippen molar-refractivity contribution in [2.45, 2.75) is 108 Å². The number of nitrogens with one attached hydrogen (secondary N) is 4. The first-order valence-corrected chi connectivity index (χ1v) is 19.2. The van der Waals surface area contributed by atoms with E-state index in [2.05, 4.69) is 60.4 Å². The van der Waals surface area contributed by atoms with Crippen LogP contribution in [0.1, 0.15) is 82.8 Å². The van der Waals surface area contributed by atoms with E-state index in [0.29, 0.717) is 50.0 Å². The number of carbonyl (C=O) groups is 5. The molecule has 5 atom stereocenters. The maximum Gasteiger partial charge on any atom is 0.315 e. The van der Waals surface area contributed by atoms with Crippen molar-refractivity contribution in [1.82, 2.24) is 26.2 Å². The summed E-state index contributed by atoms with van der Waals surface area (Å²) in [5.74, 6) is -0.322. The Balaban J connectivity index is 1.11. The fourth-order valence-corrected chi connectivity index (χ4v) is 11.2. The highest BCUT2D eigenvalue weighted by Crippen LogP contribution is 2.65. The molecule has 4 N–H and O–H groups in total. The van der Waals surface area contributed by atoms with Crippen LogP contribution in [0.4, 0.5) is 4.79 Å². The number of ketones is 1. The zero-order valence-electron chi connectivity index (χ0n) is 30.3. The number of amides is 5. The third-order valence-corrected chi connectivity index (χ3v) is 13.4. The van der Waals surface area contributed by atoms with Gasteiger partial charge in [0.15, 0.2) is 0 Å². The van der Waals surface area contributed by atoms with E-state index in [1.54, 1.807) is 17.1 Å². The summed E-state index contributed by atoms with van der Waals surface area (Å²) < 4.78 is 0. The monoisotopic (exact) mass is 697 g/mol. The molecule has 6 aliphatic carbocycles. The average Bonchev–Trinajstić information content (AvgIpc) is 3.44. The second-order valence-corrected chi connectivity index (χ2v) is 17.2. The van der Waals surface area contributed by atoms with Gasteiger partial charge in [-0.25, -0.2) is 4.79 Å². The summed E-state index contributed by atoms with van der Waals surface area (Å²) in [5, 5.41) is 12.1. The quantitative estimate of drug-likeness (QED) is 0.131. The van der Waals surface area contributed by atoms with Gasteiger partial charge in [0.25, 0.3) is 5.91 Å². The van der Waals surface area contributed by atoms with Crippen LogP contribution in [-0.4, -0.2) is 71.2 Å². The maximum absolute atomic E-state index is 14.9. The van der Waals surface area contributed by atoms with Crippen LogP contribution >= 0.6 is 0 Å². The van der Waals surface area contributed by atoms with Crippen molar-refractivity contribution in [1.29, 1.82) is 0 Å². The van der Waals surface area contributed by atoms with Gasteiger partial charge in [0.2, 0.25) is 17.6 Å². The second-order valence-electron chi connectivity index (χ2n) is 17.2. The van der Waals surface area contributed by atoms with Crippen LogP contribution in [0.2, 0.25) is 0 Å². The number of Topliss-reactive ketones (excluding diaryl/α,β-unsaturated/α-hetero) is 1. The lowest BCUT2D eigenvalue weighted by molar-refractivity contribution is -0.144. The molecule has 10 nitrogen and oxygen atoms in total. The SMILES string of the molecule is C=CCCNC(=O)C(=O)C(CCC=C)NC(=O)[C@@H]1[C@@H]2C(CN1C(=O)[C@@H](NC(=O)NC13CC4CC(CC(C4)C1)C3)C1Cc3ccccc3C1)C2(C)C. The Morgan fingerprint density at radius 3 is 2.10 bits per heavy atom. The van der Waals surface area contributed by atoms with Gasteiger partial charge in [-0.15, -0.1) is 13.2 Å². The van der Waals surface area contributed by atoms with Crippen LogP contribution < -0.4 is 21.3 Å². The van der Waals surface area contributed by atoms with Crippen molar-refractivity contribution in [3.05, 3.63) is 60.7 Å². The summed E-state index contributed by atoms with van der Waals surface area (Å²) >= 11 is 0. The maximum atomic E-state index is 14.9. The van der Waals surface area contributed by atoms with Gasteiger partial charge in [0, 0.05) is 18.6 Å². The second kappa shape index (κ2) is 13.9.